The number of carbonyl (C=O) groups excluding carboxylic acids is 1. The molecule has 2 aromatic heterocycles. The number of amides is 1. The number of hydrogen-bond acceptors (Lipinski definition) is 5. The molecule has 0 saturated carbocycles. The fraction of sp³-hybridized carbons (Fsp3) is 0.118. The number of aryl methyl sites for hydroxylation is 2. The highest BCUT2D eigenvalue weighted by molar-refractivity contribution is 6.31. The summed E-state index contributed by atoms with van der Waals surface area (Å²) in [5.74, 6) is -0.0138. The Kier molecular flexibility index (Phi) is 4.68. The van der Waals surface area contributed by atoms with Crippen molar-refractivity contribution in [2.24, 2.45) is 0 Å². The highest BCUT2D eigenvalue weighted by Gasteiger charge is 2.20. The largest absolute Gasteiger partial charge is 0.320 e. The van der Waals surface area contributed by atoms with E-state index in [1.54, 1.807) is 16.8 Å². The van der Waals surface area contributed by atoms with Crippen LogP contribution in [0.25, 0.3) is 5.82 Å². The number of nitro groups is 1. The molecule has 9 heteroatoms. The van der Waals surface area contributed by atoms with Gasteiger partial charge in [-0.05, 0) is 44.2 Å². The number of nitrogens with one attached hydrogen (secondary N) is 1. The van der Waals surface area contributed by atoms with Gasteiger partial charge >= 0.3 is 0 Å². The normalized spacial score (nSPS) is 10.6. The average molecular weight is 372 g/mol. The summed E-state index contributed by atoms with van der Waals surface area (Å²) in [6.07, 6.45) is 1.46. The van der Waals surface area contributed by atoms with Crippen molar-refractivity contribution < 1.29 is 9.72 Å². The molecule has 3 rings (SSSR count). The number of halogens is 1. The minimum atomic E-state index is -0.648. The van der Waals surface area contributed by atoms with Crippen molar-refractivity contribution in [3.8, 4) is 5.82 Å². The lowest BCUT2D eigenvalue weighted by atomic mass is 10.1. The topological polar surface area (TPSA) is 103 Å². The van der Waals surface area contributed by atoms with Crippen LogP contribution in [-0.4, -0.2) is 25.6 Å². The summed E-state index contributed by atoms with van der Waals surface area (Å²) in [7, 11) is 0. The van der Waals surface area contributed by atoms with Crippen LogP contribution in [0.1, 0.15) is 21.7 Å². The van der Waals surface area contributed by atoms with E-state index in [4.69, 9.17) is 11.6 Å². The van der Waals surface area contributed by atoms with Gasteiger partial charge in [0.25, 0.3) is 11.6 Å². The maximum Gasteiger partial charge on any atom is 0.283 e. The summed E-state index contributed by atoms with van der Waals surface area (Å²) in [6.45, 7) is 3.80. The maximum absolute atomic E-state index is 12.4. The molecule has 0 aliphatic carbocycles. The fourth-order valence-corrected chi connectivity index (χ4v) is 2.66. The van der Waals surface area contributed by atoms with Crippen LogP contribution >= 0.6 is 11.6 Å². The van der Waals surface area contributed by atoms with Gasteiger partial charge in [0.2, 0.25) is 0 Å². The van der Waals surface area contributed by atoms with Gasteiger partial charge in [-0.1, -0.05) is 11.6 Å². The number of anilines is 1. The summed E-state index contributed by atoms with van der Waals surface area (Å²) in [4.78, 5) is 27.1. The van der Waals surface area contributed by atoms with Crippen molar-refractivity contribution in [2.75, 3.05) is 5.32 Å². The highest BCUT2D eigenvalue weighted by atomic mass is 35.5. The number of pyridine rings is 1. The number of rotatable bonds is 4. The van der Waals surface area contributed by atoms with Gasteiger partial charge in [-0.3, -0.25) is 14.9 Å². The SMILES string of the molecule is Cc1cc(C)n(-c2ccc(NC(=O)c3ccc(Cl)cc3[N+](=O)[O-])cn2)n1. The first-order valence-electron chi connectivity index (χ1n) is 7.60. The standard InChI is InChI=1S/C17H14ClN5O3/c1-10-7-11(2)22(21-10)16-6-4-13(9-19-16)20-17(24)14-5-3-12(18)8-15(14)23(25)26/h3-9H,1-2H3,(H,20,24). The Morgan fingerprint density at radius 2 is 2.00 bits per heavy atom. The second kappa shape index (κ2) is 6.93. The Hall–Kier alpha value is -3.26. The minimum absolute atomic E-state index is 0.0815. The molecule has 2 heterocycles. The van der Waals surface area contributed by atoms with Crippen molar-refractivity contribution in [2.45, 2.75) is 13.8 Å². The van der Waals surface area contributed by atoms with Crippen molar-refractivity contribution in [1.82, 2.24) is 14.8 Å². The van der Waals surface area contributed by atoms with Crippen LogP contribution in [0.3, 0.4) is 0 Å². The zero-order valence-corrected chi connectivity index (χ0v) is 14.7. The van der Waals surface area contributed by atoms with Gasteiger partial charge in [-0.2, -0.15) is 5.10 Å². The third-order valence-electron chi connectivity index (χ3n) is 3.63. The summed E-state index contributed by atoms with van der Waals surface area (Å²) >= 11 is 5.76. The molecule has 0 unspecified atom stereocenters. The van der Waals surface area contributed by atoms with Gasteiger partial charge in [-0.15, -0.1) is 0 Å². The smallest absolute Gasteiger partial charge is 0.283 e. The fourth-order valence-electron chi connectivity index (χ4n) is 2.49. The first-order chi connectivity index (χ1) is 12.3. The number of carbonyl (C=O) groups is 1. The Morgan fingerprint density at radius 1 is 1.23 bits per heavy atom. The van der Waals surface area contributed by atoms with Crippen LogP contribution < -0.4 is 5.32 Å². The summed E-state index contributed by atoms with van der Waals surface area (Å²) in [6, 6.07) is 9.16. The Labute approximate surface area is 153 Å². The number of aromatic nitrogens is 3. The minimum Gasteiger partial charge on any atom is -0.320 e. The quantitative estimate of drug-likeness (QED) is 0.556. The summed E-state index contributed by atoms with van der Waals surface area (Å²) in [5.41, 5.74) is 1.77. The Bertz CT molecular complexity index is 998. The molecule has 0 aliphatic rings. The molecule has 132 valence electrons. The summed E-state index contributed by atoms with van der Waals surface area (Å²) in [5, 5.41) is 18.2. The monoisotopic (exact) mass is 371 g/mol. The van der Waals surface area contributed by atoms with Crippen molar-refractivity contribution in [3.05, 3.63) is 74.7 Å². The van der Waals surface area contributed by atoms with Crippen LogP contribution in [0.5, 0.6) is 0 Å². The second-order valence-corrected chi connectivity index (χ2v) is 6.05. The molecule has 0 atom stereocenters. The van der Waals surface area contributed by atoms with Crippen molar-refractivity contribution in [1.29, 1.82) is 0 Å². The van der Waals surface area contributed by atoms with Gasteiger partial charge in [-0.25, -0.2) is 9.67 Å². The molecule has 1 N–H and O–H groups in total. The molecule has 26 heavy (non-hydrogen) atoms. The van der Waals surface area contributed by atoms with E-state index in [0.717, 1.165) is 17.5 Å². The number of hydrogen-bond donors (Lipinski definition) is 1. The lowest BCUT2D eigenvalue weighted by Gasteiger charge is -2.08. The lowest BCUT2D eigenvalue weighted by molar-refractivity contribution is -0.385. The molecule has 0 bridgehead atoms. The number of benzene rings is 1. The predicted molar refractivity (Wildman–Crippen MR) is 96.9 cm³/mol. The van der Waals surface area contributed by atoms with Gasteiger partial charge in [0.1, 0.15) is 5.56 Å². The van der Waals surface area contributed by atoms with Gasteiger partial charge < -0.3 is 5.32 Å². The third kappa shape index (κ3) is 3.55. The van der Waals surface area contributed by atoms with Crippen LogP contribution in [0.2, 0.25) is 5.02 Å². The van der Waals surface area contributed by atoms with Crippen molar-refractivity contribution >= 4 is 28.9 Å². The van der Waals surface area contributed by atoms with E-state index in [0.29, 0.717) is 11.5 Å². The molecule has 0 radical (unpaired) electrons. The predicted octanol–water partition coefficient (Wildman–Crippen LogP) is 3.70. The van der Waals surface area contributed by atoms with E-state index in [-0.39, 0.29) is 16.3 Å². The molecule has 0 aliphatic heterocycles. The summed E-state index contributed by atoms with van der Waals surface area (Å²) < 4.78 is 1.69. The van der Waals surface area contributed by atoms with Gasteiger partial charge in [0.15, 0.2) is 5.82 Å². The highest BCUT2D eigenvalue weighted by Crippen LogP contribution is 2.24. The van der Waals surface area contributed by atoms with Crippen molar-refractivity contribution in [3.63, 3.8) is 0 Å². The molecule has 8 nitrogen and oxygen atoms in total. The Balaban J connectivity index is 1.83. The third-order valence-corrected chi connectivity index (χ3v) is 3.87. The second-order valence-electron chi connectivity index (χ2n) is 5.62. The van der Waals surface area contributed by atoms with Gasteiger partial charge in [0.05, 0.1) is 22.5 Å². The first kappa shape index (κ1) is 17.6. The lowest BCUT2D eigenvalue weighted by Crippen LogP contribution is -2.14. The molecule has 1 aromatic carbocycles. The van der Waals surface area contributed by atoms with Crippen LogP contribution in [0.4, 0.5) is 11.4 Å². The first-order valence-corrected chi connectivity index (χ1v) is 7.98. The van der Waals surface area contributed by atoms with E-state index in [2.05, 4.69) is 15.4 Å². The van der Waals surface area contributed by atoms with E-state index >= 15 is 0 Å². The van der Waals surface area contributed by atoms with Crippen LogP contribution in [0, 0.1) is 24.0 Å². The van der Waals surface area contributed by atoms with Crippen LogP contribution in [0.15, 0.2) is 42.6 Å². The number of nitrogens with zero attached hydrogens (tertiary/aromatic N) is 4. The maximum atomic E-state index is 12.4. The zero-order valence-electron chi connectivity index (χ0n) is 13.9. The zero-order chi connectivity index (χ0) is 18.8. The van der Waals surface area contributed by atoms with Gasteiger partial charge in [0, 0.05) is 16.8 Å². The van der Waals surface area contributed by atoms with E-state index in [9.17, 15) is 14.9 Å². The van der Waals surface area contributed by atoms with E-state index in [1.807, 2.05) is 19.9 Å². The molecule has 0 spiro atoms. The molecule has 1 amide bonds. The molecule has 0 saturated heterocycles. The number of nitro benzene ring substituents is 1. The molecule has 0 fully saturated rings. The molecule has 3 aromatic rings. The van der Waals surface area contributed by atoms with Crippen LogP contribution in [-0.2, 0) is 0 Å². The van der Waals surface area contributed by atoms with E-state index in [1.165, 1.54) is 18.3 Å². The average Bonchev–Trinajstić information content (AvgIpc) is 2.93. The van der Waals surface area contributed by atoms with E-state index < -0.39 is 10.8 Å². The molecular weight excluding hydrogens is 358 g/mol. The molecular formula is C17H14ClN5O3. The Morgan fingerprint density at radius 3 is 2.58 bits per heavy atom.